The maximum Gasteiger partial charge on any atom is 0.227 e. The first-order chi connectivity index (χ1) is 12.4. The van der Waals surface area contributed by atoms with Gasteiger partial charge in [-0.15, -0.1) is 0 Å². The molecule has 2 amide bonds. The first-order valence-corrected chi connectivity index (χ1v) is 9.89. The van der Waals surface area contributed by atoms with Crippen LogP contribution in [0.25, 0.3) is 0 Å². The molecule has 5 nitrogen and oxygen atoms in total. The second-order valence-corrected chi connectivity index (χ2v) is 8.16. The quantitative estimate of drug-likeness (QED) is 0.858. The third-order valence-corrected chi connectivity index (χ3v) is 5.73. The van der Waals surface area contributed by atoms with E-state index in [0.29, 0.717) is 24.2 Å². The Morgan fingerprint density at radius 2 is 2.19 bits per heavy atom. The Bertz CT molecular complexity index is 666. The zero-order valence-corrected chi connectivity index (χ0v) is 16.3. The number of nitrogens with one attached hydrogen (secondary N) is 1. The van der Waals surface area contributed by atoms with Gasteiger partial charge in [-0.05, 0) is 50.4 Å². The number of likely N-dealkylation sites (tertiary alicyclic amines) is 1. The molecule has 2 aliphatic rings. The number of amides is 2. The smallest absolute Gasteiger partial charge is 0.227 e. The van der Waals surface area contributed by atoms with Crippen LogP contribution in [-0.4, -0.2) is 48.9 Å². The van der Waals surface area contributed by atoms with Crippen molar-refractivity contribution in [2.45, 2.75) is 39.2 Å². The second kappa shape index (κ2) is 8.40. The van der Waals surface area contributed by atoms with Crippen LogP contribution < -0.4 is 10.2 Å². The number of anilines is 1. The fraction of sp³-hybridized carbons (Fsp3) is 0.600. The van der Waals surface area contributed by atoms with E-state index in [0.717, 1.165) is 24.7 Å². The number of benzene rings is 1. The summed E-state index contributed by atoms with van der Waals surface area (Å²) in [5, 5.41) is 3.65. The predicted molar refractivity (Wildman–Crippen MR) is 104 cm³/mol. The summed E-state index contributed by atoms with van der Waals surface area (Å²) in [5.74, 6) is 0.375. The van der Waals surface area contributed by atoms with E-state index in [1.54, 1.807) is 17.0 Å². The molecule has 0 saturated carbocycles. The summed E-state index contributed by atoms with van der Waals surface area (Å²) in [6.07, 6.45) is 2.78. The summed E-state index contributed by atoms with van der Waals surface area (Å²) in [6, 6.07) is 7.53. The fourth-order valence-electron chi connectivity index (χ4n) is 3.92. The van der Waals surface area contributed by atoms with E-state index in [4.69, 9.17) is 11.6 Å². The normalized spacial score (nSPS) is 25.3. The van der Waals surface area contributed by atoms with Gasteiger partial charge in [-0.3, -0.25) is 14.5 Å². The van der Waals surface area contributed by atoms with E-state index < -0.39 is 0 Å². The summed E-state index contributed by atoms with van der Waals surface area (Å²) >= 11 is 6.02. The zero-order valence-electron chi connectivity index (χ0n) is 15.6. The van der Waals surface area contributed by atoms with Crippen molar-refractivity contribution < 1.29 is 9.59 Å². The number of piperidine rings is 1. The molecule has 3 rings (SSSR count). The molecule has 1 aromatic rings. The van der Waals surface area contributed by atoms with Gasteiger partial charge in [0, 0.05) is 42.8 Å². The van der Waals surface area contributed by atoms with Crippen LogP contribution in [0, 0.1) is 11.8 Å². The standard InChI is InChI=1S/C20H28ClN3O2/c1-14-5-4-8-23(12-14)15(2)11-22-20(26)16-9-19(25)24(13-16)18-7-3-6-17(21)10-18/h3,6-7,10,14-16H,4-5,8-9,11-13H2,1-2H3,(H,22,26)/t14-,15-,16+/m1/s1. The van der Waals surface area contributed by atoms with Gasteiger partial charge in [0.05, 0.1) is 5.92 Å². The summed E-state index contributed by atoms with van der Waals surface area (Å²) in [7, 11) is 0. The molecule has 0 aliphatic carbocycles. The highest BCUT2D eigenvalue weighted by Crippen LogP contribution is 2.27. The maximum atomic E-state index is 12.6. The van der Waals surface area contributed by atoms with Crippen molar-refractivity contribution in [3.8, 4) is 0 Å². The number of hydrogen-bond acceptors (Lipinski definition) is 3. The summed E-state index contributed by atoms with van der Waals surface area (Å²) in [6.45, 7) is 7.70. The highest BCUT2D eigenvalue weighted by molar-refractivity contribution is 6.30. The Kier molecular flexibility index (Phi) is 6.20. The Morgan fingerprint density at radius 1 is 1.38 bits per heavy atom. The van der Waals surface area contributed by atoms with Gasteiger partial charge in [-0.1, -0.05) is 24.6 Å². The number of nitrogens with zero attached hydrogens (tertiary/aromatic N) is 2. The first kappa shape index (κ1) is 19.2. The van der Waals surface area contributed by atoms with Crippen molar-refractivity contribution >= 4 is 29.1 Å². The molecule has 2 heterocycles. The molecule has 1 N–H and O–H groups in total. The molecule has 1 aromatic carbocycles. The molecule has 0 spiro atoms. The number of carbonyl (C=O) groups excluding carboxylic acids is 2. The van der Waals surface area contributed by atoms with Crippen LogP contribution in [0.2, 0.25) is 5.02 Å². The van der Waals surface area contributed by atoms with Crippen molar-refractivity contribution in [3.05, 3.63) is 29.3 Å². The van der Waals surface area contributed by atoms with E-state index in [-0.39, 0.29) is 24.2 Å². The van der Waals surface area contributed by atoms with Gasteiger partial charge in [0.1, 0.15) is 0 Å². The van der Waals surface area contributed by atoms with Crippen LogP contribution in [0.3, 0.4) is 0 Å². The summed E-state index contributed by atoms with van der Waals surface area (Å²) in [4.78, 5) is 29.0. The molecule has 0 unspecified atom stereocenters. The number of carbonyl (C=O) groups is 2. The Balaban J connectivity index is 1.51. The molecule has 0 aromatic heterocycles. The molecule has 0 radical (unpaired) electrons. The lowest BCUT2D eigenvalue weighted by atomic mass is 9.99. The van der Waals surface area contributed by atoms with Gasteiger partial charge in [0.2, 0.25) is 11.8 Å². The Labute approximate surface area is 160 Å². The molecule has 26 heavy (non-hydrogen) atoms. The maximum absolute atomic E-state index is 12.6. The van der Waals surface area contributed by atoms with Crippen LogP contribution >= 0.6 is 11.6 Å². The minimum absolute atomic E-state index is 0.0229. The number of halogens is 1. The van der Waals surface area contributed by atoms with E-state index in [2.05, 4.69) is 24.1 Å². The Hall–Kier alpha value is -1.59. The minimum Gasteiger partial charge on any atom is -0.354 e. The summed E-state index contributed by atoms with van der Waals surface area (Å²) in [5.41, 5.74) is 0.758. The Morgan fingerprint density at radius 3 is 2.92 bits per heavy atom. The van der Waals surface area contributed by atoms with E-state index in [1.165, 1.54) is 12.8 Å². The van der Waals surface area contributed by atoms with Crippen LogP contribution in [-0.2, 0) is 9.59 Å². The highest BCUT2D eigenvalue weighted by atomic mass is 35.5. The molecule has 2 aliphatic heterocycles. The molecule has 6 heteroatoms. The summed E-state index contributed by atoms with van der Waals surface area (Å²) < 4.78 is 0. The lowest BCUT2D eigenvalue weighted by molar-refractivity contribution is -0.126. The third-order valence-electron chi connectivity index (χ3n) is 5.50. The monoisotopic (exact) mass is 377 g/mol. The molecule has 0 bridgehead atoms. The molecule has 2 saturated heterocycles. The molecule has 2 fully saturated rings. The van der Waals surface area contributed by atoms with Crippen LogP contribution in [0.4, 0.5) is 5.69 Å². The van der Waals surface area contributed by atoms with E-state index in [1.807, 2.05) is 12.1 Å². The highest BCUT2D eigenvalue weighted by Gasteiger charge is 2.35. The largest absolute Gasteiger partial charge is 0.354 e. The SMILES string of the molecule is C[C@@H]1CCCN([C@H](C)CNC(=O)[C@H]2CC(=O)N(c3cccc(Cl)c3)C2)C1. The van der Waals surface area contributed by atoms with Crippen molar-refractivity contribution in [3.63, 3.8) is 0 Å². The van der Waals surface area contributed by atoms with Crippen LogP contribution in [0.1, 0.15) is 33.1 Å². The topological polar surface area (TPSA) is 52.7 Å². The molecule has 3 atom stereocenters. The van der Waals surface area contributed by atoms with Gasteiger partial charge in [-0.2, -0.15) is 0 Å². The van der Waals surface area contributed by atoms with Gasteiger partial charge in [0.15, 0.2) is 0 Å². The zero-order chi connectivity index (χ0) is 18.7. The minimum atomic E-state index is -0.297. The molecule has 142 valence electrons. The molecular formula is C20H28ClN3O2. The van der Waals surface area contributed by atoms with Crippen molar-refractivity contribution in [1.29, 1.82) is 0 Å². The van der Waals surface area contributed by atoms with E-state index in [9.17, 15) is 9.59 Å². The van der Waals surface area contributed by atoms with Crippen molar-refractivity contribution in [1.82, 2.24) is 10.2 Å². The molecular weight excluding hydrogens is 350 g/mol. The first-order valence-electron chi connectivity index (χ1n) is 9.51. The van der Waals surface area contributed by atoms with Gasteiger partial charge in [0.25, 0.3) is 0 Å². The fourth-order valence-corrected chi connectivity index (χ4v) is 4.11. The third kappa shape index (κ3) is 4.57. The van der Waals surface area contributed by atoms with Crippen molar-refractivity contribution in [2.75, 3.05) is 31.1 Å². The average Bonchev–Trinajstić information content (AvgIpc) is 3.01. The average molecular weight is 378 g/mol. The second-order valence-electron chi connectivity index (χ2n) is 7.72. The van der Waals surface area contributed by atoms with Gasteiger partial charge < -0.3 is 10.2 Å². The van der Waals surface area contributed by atoms with Gasteiger partial charge in [-0.25, -0.2) is 0 Å². The van der Waals surface area contributed by atoms with E-state index >= 15 is 0 Å². The lowest BCUT2D eigenvalue weighted by Gasteiger charge is -2.35. The number of hydrogen-bond donors (Lipinski definition) is 1. The lowest BCUT2D eigenvalue weighted by Crippen LogP contribution is -2.47. The van der Waals surface area contributed by atoms with Crippen LogP contribution in [0.15, 0.2) is 24.3 Å². The number of rotatable bonds is 5. The van der Waals surface area contributed by atoms with Gasteiger partial charge >= 0.3 is 0 Å². The predicted octanol–water partition coefficient (Wildman–Crippen LogP) is 2.93. The van der Waals surface area contributed by atoms with Crippen molar-refractivity contribution in [2.24, 2.45) is 11.8 Å². The van der Waals surface area contributed by atoms with Crippen LogP contribution in [0.5, 0.6) is 0 Å².